The van der Waals surface area contributed by atoms with E-state index in [-0.39, 0.29) is 0 Å². The third-order valence-electron chi connectivity index (χ3n) is 2.47. The average Bonchev–Trinajstić information content (AvgIpc) is 2.46. The van der Waals surface area contributed by atoms with Crippen LogP contribution in [0.3, 0.4) is 0 Å². The molecular weight excluding hydrogens is 258 g/mol. The SMILES string of the molecule is Cc1cnc(SCCOc2cccc(CN)c2)nc1. The van der Waals surface area contributed by atoms with Gasteiger partial charge in [0.25, 0.3) is 0 Å². The third-order valence-corrected chi connectivity index (χ3v) is 3.31. The van der Waals surface area contributed by atoms with E-state index in [1.165, 1.54) is 0 Å². The number of thioether (sulfide) groups is 1. The molecule has 0 unspecified atom stereocenters. The first-order valence-electron chi connectivity index (χ1n) is 6.11. The Bertz CT molecular complexity index is 516. The average molecular weight is 275 g/mol. The van der Waals surface area contributed by atoms with Gasteiger partial charge in [-0.2, -0.15) is 0 Å². The van der Waals surface area contributed by atoms with Crippen LogP contribution in [0.1, 0.15) is 11.1 Å². The van der Waals surface area contributed by atoms with Crippen molar-refractivity contribution >= 4 is 11.8 Å². The van der Waals surface area contributed by atoms with Crippen molar-refractivity contribution in [2.45, 2.75) is 18.6 Å². The number of ether oxygens (including phenoxy) is 1. The lowest BCUT2D eigenvalue weighted by molar-refractivity contribution is 0.343. The quantitative estimate of drug-likeness (QED) is 0.498. The van der Waals surface area contributed by atoms with Crippen molar-refractivity contribution in [1.82, 2.24) is 9.97 Å². The number of rotatable bonds is 6. The van der Waals surface area contributed by atoms with Gasteiger partial charge in [-0.15, -0.1) is 0 Å². The maximum absolute atomic E-state index is 5.66. The summed E-state index contributed by atoms with van der Waals surface area (Å²) in [5.41, 5.74) is 7.73. The zero-order valence-electron chi connectivity index (χ0n) is 10.9. The molecule has 0 saturated heterocycles. The first kappa shape index (κ1) is 13.8. The van der Waals surface area contributed by atoms with Crippen molar-refractivity contribution in [2.24, 2.45) is 5.73 Å². The summed E-state index contributed by atoms with van der Waals surface area (Å²) in [5, 5.41) is 0.782. The Hall–Kier alpha value is -1.59. The van der Waals surface area contributed by atoms with Crippen LogP contribution in [0.5, 0.6) is 5.75 Å². The fraction of sp³-hybridized carbons (Fsp3) is 0.286. The van der Waals surface area contributed by atoms with E-state index in [1.54, 1.807) is 11.8 Å². The fourth-order valence-electron chi connectivity index (χ4n) is 1.51. The van der Waals surface area contributed by atoms with Gasteiger partial charge in [0.15, 0.2) is 5.16 Å². The smallest absolute Gasteiger partial charge is 0.187 e. The topological polar surface area (TPSA) is 61.0 Å². The minimum Gasteiger partial charge on any atom is -0.493 e. The van der Waals surface area contributed by atoms with Crippen LogP contribution >= 0.6 is 11.8 Å². The zero-order chi connectivity index (χ0) is 13.5. The van der Waals surface area contributed by atoms with Gasteiger partial charge in [-0.25, -0.2) is 9.97 Å². The number of hydrogen-bond acceptors (Lipinski definition) is 5. The Balaban J connectivity index is 1.75. The van der Waals surface area contributed by atoms with Gasteiger partial charge < -0.3 is 10.5 Å². The van der Waals surface area contributed by atoms with Crippen molar-refractivity contribution in [2.75, 3.05) is 12.4 Å². The molecule has 19 heavy (non-hydrogen) atoms. The standard InChI is InChI=1S/C14H17N3OS/c1-11-9-16-14(17-10-11)19-6-5-18-13-4-2-3-12(7-13)8-15/h2-4,7,9-10H,5-6,8,15H2,1H3. The van der Waals surface area contributed by atoms with Gasteiger partial charge in [0.2, 0.25) is 0 Å². The molecule has 0 amide bonds. The molecule has 5 heteroatoms. The molecule has 0 spiro atoms. The number of nitrogens with two attached hydrogens (primary N) is 1. The van der Waals surface area contributed by atoms with E-state index in [2.05, 4.69) is 9.97 Å². The molecule has 2 N–H and O–H groups in total. The summed E-state index contributed by atoms with van der Waals surface area (Å²) in [5.74, 6) is 1.67. The number of nitrogens with zero attached hydrogens (tertiary/aromatic N) is 2. The van der Waals surface area contributed by atoms with Crippen molar-refractivity contribution in [3.8, 4) is 5.75 Å². The fourth-order valence-corrected chi connectivity index (χ4v) is 2.11. The Morgan fingerprint density at radius 1 is 1.26 bits per heavy atom. The van der Waals surface area contributed by atoms with Crippen LogP contribution in [-0.2, 0) is 6.54 Å². The van der Waals surface area contributed by atoms with Gasteiger partial charge in [-0.3, -0.25) is 0 Å². The number of hydrogen-bond donors (Lipinski definition) is 1. The van der Waals surface area contributed by atoms with Gasteiger partial charge in [0.05, 0.1) is 6.61 Å². The molecular formula is C14H17N3OS. The van der Waals surface area contributed by atoms with E-state index in [1.807, 2.05) is 43.6 Å². The Morgan fingerprint density at radius 2 is 2.05 bits per heavy atom. The van der Waals surface area contributed by atoms with Crippen LogP contribution in [0, 0.1) is 6.92 Å². The van der Waals surface area contributed by atoms with Crippen molar-refractivity contribution in [3.05, 3.63) is 47.8 Å². The molecule has 0 radical (unpaired) electrons. The van der Waals surface area contributed by atoms with Crippen LogP contribution in [0.25, 0.3) is 0 Å². The lowest BCUT2D eigenvalue weighted by Gasteiger charge is -2.06. The van der Waals surface area contributed by atoms with E-state index >= 15 is 0 Å². The summed E-state index contributed by atoms with van der Waals surface area (Å²) >= 11 is 1.59. The number of aryl methyl sites for hydroxylation is 1. The number of aromatic nitrogens is 2. The first-order valence-corrected chi connectivity index (χ1v) is 7.10. The zero-order valence-corrected chi connectivity index (χ0v) is 11.7. The van der Waals surface area contributed by atoms with E-state index in [0.29, 0.717) is 13.2 Å². The van der Waals surface area contributed by atoms with Crippen molar-refractivity contribution in [1.29, 1.82) is 0 Å². The van der Waals surface area contributed by atoms with Gasteiger partial charge in [0.1, 0.15) is 5.75 Å². The van der Waals surface area contributed by atoms with Crippen LogP contribution in [0.4, 0.5) is 0 Å². The second-order valence-electron chi connectivity index (χ2n) is 4.09. The molecule has 0 aliphatic rings. The molecule has 0 fully saturated rings. The summed E-state index contributed by atoms with van der Waals surface area (Å²) in [6.45, 7) is 3.13. The minimum atomic E-state index is 0.531. The van der Waals surface area contributed by atoms with Crippen LogP contribution < -0.4 is 10.5 Å². The Labute approximate surface area is 117 Å². The normalized spacial score (nSPS) is 10.4. The minimum absolute atomic E-state index is 0.531. The molecule has 100 valence electrons. The molecule has 1 aromatic heterocycles. The van der Waals surface area contributed by atoms with Crippen LogP contribution in [-0.4, -0.2) is 22.3 Å². The number of benzene rings is 1. The summed E-state index contributed by atoms with van der Waals surface area (Å²) < 4.78 is 5.66. The molecule has 0 aliphatic heterocycles. The molecule has 0 saturated carbocycles. The maximum Gasteiger partial charge on any atom is 0.187 e. The van der Waals surface area contributed by atoms with Crippen LogP contribution in [0.2, 0.25) is 0 Å². The molecule has 0 bridgehead atoms. The second kappa shape index (κ2) is 7.11. The van der Waals surface area contributed by atoms with Crippen molar-refractivity contribution < 1.29 is 4.74 Å². The predicted octanol–water partition coefficient (Wildman–Crippen LogP) is 2.41. The molecule has 0 aliphatic carbocycles. The molecule has 2 rings (SSSR count). The van der Waals surface area contributed by atoms with Crippen LogP contribution in [0.15, 0.2) is 41.8 Å². The summed E-state index contributed by atoms with van der Waals surface area (Å²) in [7, 11) is 0. The molecule has 4 nitrogen and oxygen atoms in total. The van der Waals surface area contributed by atoms with Gasteiger partial charge in [0, 0.05) is 24.7 Å². The van der Waals surface area contributed by atoms with E-state index in [0.717, 1.165) is 27.8 Å². The molecule has 0 atom stereocenters. The lowest BCUT2D eigenvalue weighted by Crippen LogP contribution is -2.02. The van der Waals surface area contributed by atoms with E-state index in [4.69, 9.17) is 10.5 Å². The highest BCUT2D eigenvalue weighted by Gasteiger charge is 1.99. The highest BCUT2D eigenvalue weighted by molar-refractivity contribution is 7.99. The van der Waals surface area contributed by atoms with E-state index < -0.39 is 0 Å². The van der Waals surface area contributed by atoms with Gasteiger partial charge in [-0.1, -0.05) is 23.9 Å². The largest absolute Gasteiger partial charge is 0.493 e. The Morgan fingerprint density at radius 3 is 2.79 bits per heavy atom. The first-order chi connectivity index (χ1) is 9.28. The summed E-state index contributed by atoms with van der Waals surface area (Å²) in [6.07, 6.45) is 3.64. The maximum atomic E-state index is 5.66. The van der Waals surface area contributed by atoms with Crippen molar-refractivity contribution in [3.63, 3.8) is 0 Å². The monoisotopic (exact) mass is 275 g/mol. The predicted molar refractivity (Wildman–Crippen MR) is 77.3 cm³/mol. The highest BCUT2D eigenvalue weighted by Crippen LogP contribution is 2.15. The van der Waals surface area contributed by atoms with Gasteiger partial charge >= 0.3 is 0 Å². The lowest BCUT2D eigenvalue weighted by atomic mass is 10.2. The molecule has 2 aromatic rings. The summed E-state index contributed by atoms with van der Waals surface area (Å²) in [6, 6.07) is 7.84. The molecule has 1 heterocycles. The second-order valence-corrected chi connectivity index (χ2v) is 5.15. The summed E-state index contributed by atoms with van der Waals surface area (Å²) in [4.78, 5) is 8.46. The molecule has 1 aromatic carbocycles. The van der Waals surface area contributed by atoms with Gasteiger partial charge in [-0.05, 0) is 30.2 Å². The van der Waals surface area contributed by atoms with E-state index in [9.17, 15) is 0 Å². The highest BCUT2D eigenvalue weighted by atomic mass is 32.2. The third kappa shape index (κ3) is 4.54. The Kier molecular flexibility index (Phi) is 5.18.